The topological polar surface area (TPSA) is 24.4 Å². The summed E-state index contributed by atoms with van der Waals surface area (Å²) in [5, 5.41) is 3.49. The first-order valence-electron chi connectivity index (χ1n) is 4.73. The maximum Gasteiger partial charge on any atom is 0.0967 e. The number of nitrogens with zero attached hydrogens (tertiary/aromatic N) is 1. The zero-order valence-corrected chi connectivity index (χ0v) is 7.14. The smallest absolute Gasteiger partial charge is 0.0967 e. The minimum atomic E-state index is 0.624. The molecule has 1 N–H and O–H groups in total. The van der Waals surface area contributed by atoms with Crippen LogP contribution in [-0.2, 0) is 0 Å². The molecule has 1 aliphatic carbocycles. The van der Waals surface area contributed by atoms with E-state index in [2.05, 4.69) is 17.2 Å². The average molecular weight is 152 g/mol. The van der Waals surface area contributed by atoms with Crippen LogP contribution in [0.3, 0.4) is 0 Å². The molecule has 62 valence electrons. The van der Waals surface area contributed by atoms with Crippen molar-refractivity contribution in [2.45, 2.75) is 51.1 Å². The molecule has 0 radical (unpaired) electrons. The maximum absolute atomic E-state index is 4.63. The molecule has 11 heavy (non-hydrogen) atoms. The highest BCUT2D eigenvalue weighted by atomic mass is 15.1. The summed E-state index contributed by atoms with van der Waals surface area (Å²) in [5.41, 5.74) is 0. The van der Waals surface area contributed by atoms with Crippen molar-refractivity contribution in [2.75, 3.05) is 0 Å². The summed E-state index contributed by atoms with van der Waals surface area (Å²) in [4.78, 5) is 4.63. The Kier molecular flexibility index (Phi) is 1.84. The molecule has 0 amide bonds. The fourth-order valence-corrected chi connectivity index (χ4v) is 2.08. The lowest BCUT2D eigenvalue weighted by molar-refractivity contribution is 0.384. The van der Waals surface area contributed by atoms with Gasteiger partial charge in [-0.05, 0) is 12.8 Å². The Labute approximate surface area is 68.1 Å². The molecule has 1 saturated carbocycles. The molecule has 2 atom stereocenters. The van der Waals surface area contributed by atoms with E-state index < -0.39 is 0 Å². The molecule has 1 fully saturated rings. The molecule has 0 aromatic heterocycles. The fraction of sp³-hybridized carbons (Fsp3) is 0.889. The van der Waals surface area contributed by atoms with Gasteiger partial charge in [-0.25, -0.2) is 0 Å². The van der Waals surface area contributed by atoms with Crippen LogP contribution in [0.1, 0.15) is 39.0 Å². The monoisotopic (exact) mass is 152 g/mol. The number of amidine groups is 1. The average Bonchev–Trinajstić information content (AvgIpc) is 2.46. The number of aliphatic imine (C=N–C) groups is 1. The van der Waals surface area contributed by atoms with Gasteiger partial charge in [0.15, 0.2) is 0 Å². The van der Waals surface area contributed by atoms with Crippen molar-refractivity contribution in [2.24, 2.45) is 4.99 Å². The quantitative estimate of drug-likeness (QED) is 0.607. The first-order chi connectivity index (χ1) is 5.40. The van der Waals surface area contributed by atoms with Crippen molar-refractivity contribution in [3.63, 3.8) is 0 Å². The van der Waals surface area contributed by atoms with Gasteiger partial charge in [-0.3, -0.25) is 4.99 Å². The van der Waals surface area contributed by atoms with E-state index >= 15 is 0 Å². The van der Waals surface area contributed by atoms with E-state index in [1.54, 1.807) is 0 Å². The van der Waals surface area contributed by atoms with E-state index in [9.17, 15) is 0 Å². The number of hydrogen-bond donors (Lipinski definition) is 1. The highest BCUT2D eigenvalue weighted by molar-refractivity contribution is 5.84. The molecular weight excluding hydrogens is 136 g/mol. The fourth-order valence-electron chi connectivity index (χ4n) is 2.08. The van der Waals surface area contributed by atoms with Crippen molar-refractivity contribution in [1.29, 1.82) is 0 Å². The Morgan fingerprint density at radius 3 is 3.00 bits per heavy atom. The van der Waals surface area contributed by atoms with Crippen LogP contribution >= 0.6 is 0 Å². The SMILES string of the molecule is CCC1=N[C@@H]2CCCC[C@@H]2N1. The standard InChI is InChI=1S/C9H16N2/c1-2-9-10-7-5-3-4-6-8(7)11-9/h7-8H,2-6H2,1H3,(H,10,11)/t7-,8+. The number of hydrogen-bond acceptors (Lipinski definition) is 2. The predicted molar refractivity (Wildman–Crippen MR) is 46.9 cm³/mol. The van der Waals surface area contributed by atoms with E-state index in [1.807, 2.05) is 0 Å². The van der Waals surface area contributed by atoms with Crippen LogP contribution in [-0.4, -0.2) is 17.9 Å². The third-order valence-corrected chi connectivity index (χ3v) is 2.74. The Hall–Kier alpha value is -0.530. The molecule has 1 heterocycles. The molecule has 2 heteroatoms. The lowest BCUT2D eigenvalue weighted by Crippen LogP contribution is -2.36. The molecule has 0 aromatic rings. The highest BCUT2D eigenvalue weighted by Crippen LogP contribution is 2.24. The number of fused-ring (bicyclic) bond motifs is 1. The molecule has 2 rings (SSSR count). The lowest BCUT2D eigenvalue weighted by Gasteiger charge is -2.23. The van der Waals surface area contributed by atoms with Gasteiger partial charge in [-0.15, -0.1) is 0 Å². The van der Waals surface area contributed by atoms with E-state index in [-0.39, 0.29) is 0 Å². The van der Waals surface area contributed by atoms with Gasteiger partial charge in [0.25, 0.3) is 0 Å². The van der Waals surface area contributed by atoms with Crippen molar-refractivity contribution >= 4 is 5.84 Å². The Balaban J connectivity index is 2.02. The molecule has 0 aromatic carbocycles. The molecule has 0 spiro atoms. The molecule has 2 aliphatic rings. The predicted octanol–water partition coefficient (Wildman–Crippen LogP) is 1.71. The van der Waals surface area contributed by atoms with Gasteiger partial charge in [0.1, 0.15) is 0 Å². The van der Waals surface area contributed by atoms with Crippen LogP contribution in [0.25, 0.3) is 0 Å². The summed E-state index contributed by atoms with van der Waals surface area (Å²) >= 11 is 0. The summed E-state index contributed by atoms with van der Waals surface area (Å²) < 4.78 is 0. The van der Waals surface area contributed by atoms with Gasteiger partial charge in [0, 0.05) is 12.5 Å². The van der Waals surface area contributed by atoms with Gasteiger partial charge < -0.3 is 5.32 Å². The third-order valence-electron chi connectivity index (χ3n) is 2.74. The second kappa shape index (κ2) is 2.84. The summed E-state index contributed by atoms with van der Waals surface area (Å²) in [5.74, 6) is 1.24. The van der Waals surface area contributed by atoms with E-state index in [0.29, 0.717) is 12.1 Å². The molecular formula is C9H16N2. The molecule has 0 saturated heterocycles. The second-order valence-electron chi connectivity index (χ2n) is 3.53. The van der Waals surface area contributed by atoms with E-state index in [1.165, 1.54) is 31.5 Å². The highest BCUT2D eigenvalue weighted by Gasteiger charge is 2.29. The van der Waals surface area contributed by atoms with Crippen LogP contribution in [0.4, 0.5) is 0 Å². The first kappa shape index (κ1) is 7.14. The molecule has 0 unspecified atom stereocenters. The minimum Gasteiger partial charge on any atom is -0.369 e. The van der Waals surface area contributed by atoms with E-state index in [4.69, 9.17) is 0 Å². The van der Waals surface area contributed by atoms with Gasteiger partial charge in [0.05, 0.1) is 11.9 Å². The van der Waals surface area contributed by atoms with Gasteiger partial charge in [-0.2, -0.15) is 0 Å². The largest absolute Gasteiger partial charge is 0.369 e. The molecule has 2 nitrogen and oxygen atoms in total. The first-order valence-corrected chi connectivity index (χ1v) is 4.73. The van der Waals surface area contributed by atoms with Crippen molar-refractivity contribution in [1.82, 2.24) is 5.32 Å². The van der Waals surface area contributed by atoms with Crippen molar-refractivity contribution in [3.05, 3.63) is 0 Å². The zero-order chi connectivity index (χ0) is 7.68. The van der Waals surface area contributed by atoms with Crippen LogP contribution in [0.2, 0.25) is 0 Å². The van der Waals surface area contributed by atoms with Crippen LogP contribution in [0.5, 0.6) is 0 Å². The Morgan fingerprint density at radius 1 is 1.45 bits per heavy atom. The molecule has 0 bridgehead atoms. The van der Waals surface area contributed by atoms with Crippen molar-refractivity contribution in [3.8, 4) is 0 Å². The normalized spacial score (nSPS) is 35.9. The second-order valence-corrected chi connectivity index (χ2v) is 3.53. The van der Waals surface area contributed by atoms with Crippen LogP contribution in [0, 0.1) is 0 Å². The number of rotatable bonds is 1. The summed E-state index contributed by atoms with van der Waals surface area (Å²) in [6.45, 7) is 2.17. The van der Waals surface area contributed by atoms with Crippen LogP contribution < -0.4 is 5.32 Å². The maximum atomic E-state index is 4.63. The zero-order valence-electron chi connectivity index (χ0n) is 7.14. The Bertz CT molecular complexity index is 174. The summed E-state index contributed by atoms with van der Waals surface area (Å²) in [7, 11) is 0. The summed E-state index contributed by atoms with van der Waals surface area (Å²) in [6, 6.07) is 1.32. The van der Waals surface area contributed by atoms with Crippen molar-refractivity contribution < 1.29 is 0 Å². The minimum absolute atomic E-state index is 0.624. The van der Waals surface area contributed by atoms with Crippen LogP contribution in [0.15, 0.2) is 4.99 Å². The lowest BCUT2D eigenvalue weighted by atomic mass is 9.92. The third kappa shape index (κ3) is 1.26. The number of nitrogens with one attached hydrogen (secondary N) is 1. The van der Waals surface area contributed by atoms with Gasteiger partial charge in [0.2, 0.25) is 0 Å². The van der Waals surface area contributed by atoms with E-state index in [0.717, 1.165) is 6.42 Å². The summed E-state index contributed by atoms with van der Waals surface area (Å²) in [6.07, 6.45) is 6.48. The Morgan fingerprint density at radius 2 is 2.27 bits per heavy atom. The van der Waals surface area contributed by atoms with Gasteiger partial charge >= 0.3 is 0 Å². The molecule has 1 aliphatic heterocycles. The van der Waals surface area contributed by atoms with Gasteiger partial charge in [-0.1, -0.05) is 19.8 Å².